The molecule has 0 N–H and O–H groups in total. The van der Waals surface area contributed by atoms with E-state index in [1.807, 2.05) is 0 Å². The molecule has 0 bridgehead atoms. The number of rotatable bonds is 0. The van der Waals surface area contributed by atoms with E-state index in [4.69, 9.17) is 0 Å². The Morgan fingerprint density at radius 2 is 2.00 bits per heavy atom. The Hall–Kier alpha value is -0.0431. The van der Waals surface area contributed by atoms with Crippen LogP contribution in [-0.2, 0) is 0 Å². The van der Waals surface area contributed by atoms with E-state index < -0.39 is 0 Å². The van der Waals surface area contributed by atoms with Gasteiger partial charge in [0.2, 0.25) is 0 Å². The second-order valence-corrected chi connectivity index (χ2v) is 3.82. The molecule has 0 spiro atoms. The molecule has 0 aromatic heterocycles. The molecule has 0 heterocycles. The van der Waals surface area contributed by atoms with Gasteiger partial charge in [0, 0.05) is 10.2 Å². The quantitative estimate of drug-likeness (QED) is 0.355. The molecule has 1 aliphatic rings. The summed E-state index contributed by atoms with van der Waals surface area (Å²) in [5, 5.41) is 0. The van der Waals surface area contributed by atoms with Crippen molar-refractivity contribution in [2.45, 2.75) is 38.7 Å². The minimum atomic E-state index is 0.744. The third-order valence-electron chi connectivity index (χ3n) is 2.15. The van der Waals surface area contributed by atoms with Crippen molar-refractivity contribution in [1.29, 1.82) is 0 Å². The van der Waals surface area contributed by atoms with Crippen molar-refractivity contribution in [3.05, 3.63) is 11.1 Å². The zero-order valence-corrected chi connectivity index (χ0v) is 7.20. The fourth-order valence-electron chi connectivity index (χ4n) is 1.25. The number of hydrogen-bond acceptors (Lipinski definition) is 0. The molecule has 0 amide bonds. The van der Waals surface area contributed by atoms with E-state index in [1.165, 1.54) is 19.3 Å². The lowest BCUT2D eigenvalue weighted by Gasteiger charge is -2.19. The first-order chi connectivity index (χ1) is 4.20. The molecular formula is C8H13Si. The van der Waals surface area contributed by atoms with Crippen LogP contribution in [0.3, 0.4) is 0 Å². The van der Waals surface area contributed by atoms with Crippen LogP contribution in [0.1, 0.15) is 33.1 Å². The Labute approximate surface area is 60.8 Å². The second-order valence-electron chi connectivity index (χ2n) is 3.00. The van der Waals surface area contributed by atoms with Crippen molar-refractivity contribution in [3.63, 3.8) is 0 Å². The lowest BCUT2D eigenvalue weighted by atomic mass is 9.93. The predicted octanol–water partition coefficient (Wildman–Crippen LogP) is 2.46. The van der Waals surface area contributed by atoms with Crippen LogP contribution in [0.15, 0.2) is 11.1 Å². The molecule has 0 aliphatic heterocycles. The van der Waals surface area contributed by atoms with Gasteiger partial charge in [-0.15, -0.1) is 0 Å². The van der Waals surface area contributed by atoms with Crippen LogP contribution in [0.2, 0.25) is 5.54 Å². The molecule has 49 valence electrons. The van der Waals surface area contributed by atoms with Crippen LogP contribution in [0.5, 0.6) is 0 Å². The maximum atomic E-state index is 3.67. The minimum Gasteiger partial charge on any atom is -0.0744 e. The van der Waals surface area contributed by atoms with E-state index in [9.17, 15) is 0 Å². The Morgan fingerprint density at radius 3 is 2.44 bits per heavy atom. The van der Waals surface area contributed by atoms with Gasteiger partial charge in [-0.3, -0.25) is 0 Å². The first-order valence-electron chi connectivity index (χ1n) is 3.56. The summed E-state index contributed by atoms with van der Waals surface area (Å²) < 4.78 is 0. The minimum absolute atomic E-state index is 0.744. The lowest BCUT2D eigenvalue weighted by Crippen LogP contribution is -2.02. The zero-order valence-electron chi connectivity index (χ0n) is 6.20. The third kappa shape index (κ3) is 1.68. The van der Waals surface area contributed by atoms with Crippen molar-refractivity contribution in [3.8, 4) is 0 Å². The summed E-state index contributed by atoms with van der Waals surface area (Å²) in [4.78, 5) is 0. The summed E-state index contributed by atoms with van der Waals surface area (Å²) >= 11 is 0. The molecule has 0 nitrogen and oxygen atoms in total. The maximum Gasteiger partial charge on any atom is 0.0270 e. The summed E-state index contributed by atoms with van der Waals surface area (Å²) in [6, 6.07) is 0. The highest BCUT2D eigenvalue weighted by atomic mass is 28.1. The largest absolute Gasteiger partial charge is 0.0744 e. The van der Waals surface area contributed by atoms with E-state index in [2.05, 4.69) is 24.1 Å². The maximum absolute atomic E-state index is 3.67. The Kier molecular flexibility index (Phi) is 2.12. The fourth-order valence-corrected chi connectivity index (χ4v) is 1.70. The van der Waals surface area contributed by atoms with E-state index in [-0.39, 0.29) is 0 Å². The Morgan fingerprint density at radius 1 is 1.33 bits per heavy atom. The van der Waals surface area contributed by atoms with Gasteiger partial charge in [-0.2, -0.15) is 0 Å². The molecular weight excluding hydrogens is 124 g/mol. The number of allylic oxidation sites excluding steroid dienone is 2. The molecule has 1 atom stereocenters. The first kappa shape index (κ1) is 7.07. The molecule has 0 fully saturated rings. The van der Waals surface area contributed by atoms with Crippen LogP contribution < -0.4 is 0 Å². The SMILES string of the molecule is CC1=C(C)CC([Si])CC1. The van der Waals surface area contributed by atoms with Crippen molar-refractivity contribution in [2.75, 3.05) is 0 Å². The van der Waals surface area contributed by atoms with Crippen LogP contribution in [0.25, 0.3) is 0 Å². The molecule has 1 rings (SSSR count). The van der Waals surface area contributed by atoms with Gasteiger partial charge in [-0.25, -0.2) is 0 Å². The third-order valence-corrected chi connectivity index (χ3v) is 2.64. The summed E-state index contributed by atoms with van der Waals surface area (Å²) in [6.07, 6.45) is 3.86. The van der Waals surface area contributed by atoms with Gasteiger partial charge >= 0.3 is 0 Å². The molecule has 0 saturated heterocycles. The molecule has 0 aromatic carbocycles. The van der Waals surface area contributed by atoms with Crippen molar-refractivity contribution >= 4 is 10.2 Å². The molecule has 3 radical (unpaired) electrons. The van der Waals surface area contributed by atoms with Gasteiger partial charge in [0.1, 0.15) is 0 Å². The monoisotopic (exact) mass is 137 g/mol. The second kappa shape index (κ2) is 2.69. The van der Waals surface area contributed by atoms with Crippen molar-refractivity contribution < 1.29 is 0 Å². The van der Waals surface area contributed by atoms with Gasteiger partial charge in [0.25, 0.3) is 0 Å². The highest BCUT2D eigenvalue weighted by molar-refractivity contribution is 6.11. The predicted molar refractivity (Wildman–Crippen MR) is 41.7 cm³/mol. The molecule has 9 heavy (non-hydrogen) atoms. The summed E-state index contributed by atoms with van der Waals surface area (Å²) in [7, 11) is 3.67. The summed E-state index contributed by atoms with van der Waals surface area (Å²) in [6.45, 7) is 4.48. The van der Waals surface area contributed by atoms with Gasteiger partial charge < -0.3 is 0 Å². The number of hydrogen-bond donors (Lipinski definition) is 0. The first-order valence-corrected chi connectivity index (χ1v) is 4.14. The molecule has 1 unspecified atom stereocenters. The van der Waals surface area contributed by atoms with Crippen LogP contribution in [0, 0.1) is 0 Å². The van der Waals surface area contributed by atoms with Gasteiger partial charge in [0.15, 0.2) is 0 Å². The van der Waals surface area contributed by atoms with Crippen LogP contribution in [0.4, 0.5) is 0 Å². The Bertz CT molecular complexity index is 136. The molecule has 1 heteroatoms. The normalized spacial score (nSPS) is 29.0. The summed E-state index contributed by atoms with van der Waals surface area (Å²) in [5.41, 5.74) is 3.93. The smallest absolute Gasteiger partial charge is 0.0270 e. The molecule has 0 aromatic rings. The zero-order chi connectivity index (χ0) is 6.85. The van der Waals surface area contributed by atoms with Gasteiger partial charge in [-0.05, 0) is 38.7 Å². The van der Waals surface area contributed by atoms with Gasteiger partial charge in [-0.1, -0.05) is 11.1 Å². The topological polar surface area (TPSA) is 0 Å². The van der Waals surface area contributed by atoms with Crippen molar-refractivity contribution in [1.82, 2.24) is 0 Å². The van der Waals surface area contributed by atoms with E-state index in [0.717, 1.165) is 5.54 Å². The van der Waals surface area contributed by atoms with E-state index >= 15 is 0 Å². The Balaban J connectivity index is 2.61. The van der Waals surface area contributed by atoms with Crippen molar-refractivity contribution in [2.24, 2.45) is 0 Å². The van der Waals surface area contributed by atoms with Gasteiger partial charge in [0.05, 0.1) is 0 Å². The molecule has 1 aliphatic carbocycles. The molecule has 0 saturated carbocycles. The lowest BCUT2D eigenvalue weighted by molar-refractivity contribution is 0.671. The highest BCUT2D eigenvalue weighted by Gasteiger charge is 2.11. The average Bonchev–Trinajstić information content (AvgIpc) is 1.80. The summed E-state index contributed by atoms with van der Waals surface area (Å²) in [5.74, 6) is 0. The van der Waals surface area contributed by atoms with E-state index in [1.54, 1.807) is 11.1 Å². The fraction of sp³-hybridized carbons (Fsp3) is 0.750. The standard InChI is InChI=1S/C8H13Si/c1-6-3-4-8(9)5-7(6)2/h8H,3-5H2,1-2H3. The highest BCUT2D eigenvalue weighted by Crippen LogP contribution is 2.30. The van der Waals surface area contributed by atoms with Crippen LogP contribution in [-0.4, -0.2) is 10.2 Å². The average molecular weight is 137 g/mol. The van der Waals surface area contributed by atoms with Crippen LogP contribution >= 0.6 is 0 Å². The van der Waals surface area contributed by atoms with E-state index in [0.29, 0.717) is 0 Å².